The molecule has 0 bridgehead atoms. The second-order valence-electron chi connectivity index (χ2n) is 6.94. The minimum atomic E-state index is -0.101. The molecule has 1 aliphatic rings. The summed E-state index contributed by atoms with van der Waals surface area (Å²) >= 11 is 1.67. The molecule has 28 heavy (non-hydrogen) atoms. The number of nitrogens with one attached hydrogen (secondary N) is 2. The largest absolute Gasteiger partial charge is 0.497 e. The van der Waals surface area contributed by atoms with Gasteiger partial charge in [0.15, 0.2) is 5.78 Å². The first-order chi connectivity index (χ1) is 13.7. The molecule has 0 saturated heterocycles. The van der Waals surface area contributed by atoms with Crippen LogP contribution < -0.4 is 10.1 Å². The number of hydrogen-bond acceptors (Lipinski definition) is 4. The Balaban J connectivity index is 1.34. The number of hydrogen-bond donors (Lipinski definition) is 2. The van der Waals surface area contributed by atoms with Crippen molar-refractivity contribution in [2.75, 3.05) is 19.4 Å². The molecule has 2 heterocycles. The lowest BCUT2D eigenvalue weighted by atomic mass is 9.94. The van der Waals surface area contributed by atoms with E-state index < -0.39 is 0 Å². The van der Waals surface area contributed by atoms with E-state index in [9.17, 15) is 4.79 Å². The van der Waals surface area contributed by atoms with Crippen LogP contribution in [0.2, 0.25) is 0 Å². The highest BCUT2D eigenvalue weighted by Gasteiger charge is 2.22. The van der Waals surface area contributed by atoms with Crippen LogP contribution in [0.5, 0.6) is 5.75 Å². The van der Waals surface area contributed by atoms with Gasteiger partial charge in [-0.15, -0.1) is 11.8 Å². The molecule has 5 heteroatoms. The summed E-state index contributed by atoms with van der Waals surface area (Å²) in [7, 11) is 1.68. The molecule has 0 fully saturated rings. The van der Waals surface area contributed by atoms with Gasteiger partial charge in [-0.2, -0.15) is 0 Å². The molecule has 4 rings (SSSR count). The SMILES string of the molecule is COc1ccc2[nH]cc(CSCC(=O)C3CC(c4ccccc4)=CCN3)c2c1. The van der Waals surface area contributed by atoms with Gasteiger partial charge in [-0.1, -0.05) is 36.4 Å². The number of aromatic amines is 1. The zero-order valence-corrected chi connectivity index (χ0v) is 16.7. The third-order valence-electron chi connectivity index (χ3n) is 5.15. The van der Waals surface area contributed by atoms with Crippen molar-refractivity contribution < 1.29 is 9.53 Å². The number of H-pyrrole nitrogens is 1. The highest BCUT2D eigenvalue weighted by molar-refractivity contribution is 7.99. The highest BCUT2D eigenvalue weighted by atomic mass is 32.2. The van der Waals surface area contributed by atoms with E-state index in [1.54, 1.807) is 18.9 Å². The number of carbonyl (C=O) groups excluding carboxylic acids is 1. The maximum Gasteiger partial charge on any atom is 0.159 e. The fraction of sp³-hybridized carbons (Fsp3) is 0.261. The van der Waals surface area contributed by atoms with E-state index in [-0.39, 0.29) is 11.8 Å². The van der Waals surface area contributed by atoms with Gasteiger partial charge in [0.1, 0.15) is 5.75 Å². The van der Waals surface area contributed by atoms with Gasteiger partial charge in [0.2, 0.25) is 0 Å². The molecule has 3 aromatic rings. The molecule has 1 atom stereocenters. The molecule has 0 saturated carbocycles. The van der Waals surface area contributed by atoms with E-state index in [0.29, 0.717) is 5.75 Å². The number of benzene rings is 2. The fourth-order valence-electron chi connectivity index (χ4n) is 3.58. The molecule has 2 N–H and O–H groups in total. The first-order valence-corrected chi connectivity index (χ1v) is 10.6. The van der Waals surface area contributed by atoms with E-state index in [0.717, 1.165) is 35.4 Å². The van der Waals surface area contributed by atoms with Crippen LogP contribution in [0.25, 0.3) is 16.5 Å². The summed E-state index contributed by atoms with van der Waals surface area (Å²) in [6, 6.07) is 16.2. The Morgan fingerprint density at radius 3 is 2.89 bits per heavy atom. The minimum Gasteiger partial charge on any atom is -0.497 e. The standard InChI is InChI=1S/C23H24N2O2S/c1-27-19-7-8-21-20(12-19)18(13-25-21)14-28-15-23(26)22-11-17(9-10-24-22)16-5-3-2-4-6-16/h2-9,12-13,22,24-25H,10-11,14-15H2,1H3. The van der Waals surface area contributed by atoms with Gasteiger partial charge in [0.05, 0.1) is 18.9 Å². The number of fused-ring (bicyclic) bond motifs is 1. The van der Waals surface area contributed by atoms with Crippen LogP contribution in [0.4, 0.5) is 0 Å². The summed E-state index contributed by atoms with van der Waals surface area (Å²) in [4.78, 5) is 16.0. The Hall–Kier alpha value is -2.50. The van der Waals surface area contributed by atoms with Crippen molar-refractivity contribution in [2.45, 2.75) is 18.2 Å². The van der Waals surface area contributed by atoms with E-state index in [1.165, 1.54) is 16.7 Å². The zero-order chi connectivity index (χ0) is 19.3. The fourth-order valence-corrected chi connectivity index (χ4v) is 4.54. The van der Waals surface area contributed by atoms with Crippen LogP contribution in [0, 0.1) is 0 Å². The number of thioether (sulfide) groups is 1. The van der Waals surface area contributed by atoms with Crippen LogP contribution in [0.3, 0.4) is 0 Å². The predicted octanol–water partition coefficient (Wildman–Crippen LogP) is 4.42. The molecule has 2 aromatic carbocycles. The van der Waals surface area contributed by atoms with Crippen molar-refractivity contribution in [3.63, 3.8) is 0 Å². The molecule has 144 valence electrons. The minimum absolute atomic E-state index is 0.101. The number of rotatable bonds is 7. The van der Waals surface area contributed by atoms with Crippen LogP contribution >= 0.6 is 11.8 Å². The van der Waals surface area contributed by atoms with Crippen LogP contribution in [0.15, 0.2) is 60.8 Å². The monoisotopic (exact) mass is 392 g/mol. The van der Waals surface area contributed by atoms with Gasteiger partial charge in [-0.3, -0.25) is 4.79 Å². The molecule has 1 aliphatic heterocycles. The Morgan fingerprint density at radius 1 is 1.21 bits per heavy atom. The van der Waals surface area contributed by atoms with Crippen molar-refractivity contribution in [1.82, 2.24) is 10.3 Å². The number of methoxy groups -OCH3 is 1. The maximum absolute atomic E-state index is 12.7. The molecular weight excluding hydrogens is 368 g/mol. The van der Waals surface area contributed by atoms with Gasteiger partial charge in [-0.25, -0.2) is 0 Å². The number of aromatic nitrogens is 1. The molecule has 4 nitrogen and oxygen atoms in total. The smallest absolute Gasteiger partial charge is 0.159 e. The summed E-state index contributed by atoms with van der Waals surface area (Å²) < 4.78 is 5.33. The lowest BCUT2D eigenvalue weighted by Crippen LogP contribution is -2.40. The lowest BCUT2D eigenvalue weighted by molar-refractivity contribution is -0.118. The molecule has 0 spiro atoms. The van der Waals surface area contributed by atoms with Crippen LogP contribution in [-0.4, -0.2) is 36.2 Å². The van der Waals surface area contributed by atoms with E-state index in [4.69, 9.17) is 4.74 Å². The Labute approximate surface area is 169 Å². The lowest BCUT2D eigenvalue weighted by Gasteiger charge is -2.23. The van der Waals surface area contributed by atoms with Crippen molar-refractivity contribution >= 4 is 34.0 Å². The average molecular weight is 393 g/mol. The normalized spacial score (nSPS) is 16.8. The van der Waals surface area contributed by atoms with Crippen LogP contribution in [-0.2, 0) is 10.5 Å². The molecule has 1 aromatic heterocycles. The quantitative estimate of drug-likeness (QED) is 0.625. The first kappa shape index (κ1) is 18.8. The predicted molar refractivity (Wildman–Crippen MR) is 117 cm³/mol. The molecule has 0 aliphatic carbocycles. The number of ketones is 1. The maximum atomic E-state index is 12.7. The van der Waals surface area contributed by atoms with Crippen molar-refractivity contribution in [2.24, 2.45) is 0 Å². The summed E-state index contributed by atoms with van der Waals surface area (Å²) in [6.45, 7) is 0.744. The van der Waals surface area contributed by atoms with Crippen LogP contribution in [0.1, 0.15) is 17.5 Å². The molecule has 0 radical (unpaired) electrons. The van der Waals surface area contributed by atoms with Gasteiger partial charge in [-0.05, 0) is 41.3 Å². The van der Waals surface area contributed by atoms with Gasteiger partial charge < -0.3 is 15.0 Å². The van der Waals surface area contributed by atoms with Crippen molar-refractivity contribution in [3.8, 4) is 5.75 Å². The van der Waals surface area contributed by atoms with E-state index in [1.807, 2.05) is 42.6 Å². The number of Topliss-reactive ketones (excluding diaryl/α,β-unsaturated/α-hetero) is 1. The second-order valence-corrected chi connectivity index (χ2v) is 7.93. The molecule has 1 unspecified atom stereocenters. The Morgan fingerprint density at radius 2 is 2.07 bits per heavy atom. The second kappa shape index (κ2) is 8.67. The average Bonchev–Trinajstić information content (AvgIpc) is 3.16. The summed E-state index contributed by atoms with van der Waals surface area (Å²) in [5.74, 6) is 2.42. The van der Waals surface area contributed by atoms with Crippen molar-refractivity contribution in [3.05, 3.63) is 71.9 Å². The highest BCUT2D eigenvalue weighted by Crippen LogP contribution is 2.27. The summed E-state index contributed by atoms with van der Waals surface area (Å²) in [6.07, 6.45) is 4.97. The third kappa shape index (κ3) is 4.16. The van der Waals surface area contributed by atoms with Gasteiger partial charge in [0.25, 0.3) is 0 Å². The zero-order valence-electron chi connectivity index (χ0n) is 15.9. The topological polar surface area (TPSA) is 54.1 Å². The summed E-state index contributed by atoms with van der Waals surface area (Å²) in [5, 5.41) is 4.50. The molecular formula is C23H24N2O2S. The number of carbonyl (C=O) groups is 1. The van der Waals surface area contributed by atoms with Crippen molar-refractivity contribution in [1.29, 1.82) is 0 Å². The Kier molecular flexibility index (Phi) is 5.84. The van der Waals surface area contributed by atoms with Gasteiger partial charge >= 0.3 is 0 Å². The third-order valence-corrected chi connectivity index (χ3v) is 6.15. The number of ether oxygens (including phenoxy) is 1. The first-order valence-electron chi connectivity index (χ1n) is 9.47. The van der Waals surface area contributed by atoms with E-state index >= 15 is 0 Å². The Bertz CT molecular complexity index is 994. The van der Waals surface area contributed by atoms with Gasteiger partial charge in [0, 0.05) is 29.4 Å². The summed E-state index contributed by atoms with van der Waals surface area (Å²) in [5.41, 5.74) is 4.76. The van der Waals surface area contributed by atoms with E-state index in [2.05, 4.69) is 28.5 Å². The molecule has 0 amide bonds.